The van der Waals surface area contributed by atoms with Crippen molar-refractivity contribution in [1.82, 2.24) is 5.32 Å². The molecular weight excluding hydrogens is 392 g/mol. The maximum atomic E-state index is 13.3. The molecule has 3 rings (SSSR count). The van der Waals surface area contributed by atoms with Crippen LogP contribution in [0.3, 0.4) is 0 Å². The van der Waals surface area contributed by atoms with Crippen molar-refractivity contribution >= 4 is 11.9 Å². The molecule has 3 aromatic carbocycles. The predicted octanol–water partition coefficient (Wildman–Crippen LogP) is 3.97. The fraction of sp³-hybridized carbons (Fsp3) is 0.130. The van der Waals surface area contributed by atoms with E-state index in [0.29, 0.717) is 24.0 Å². The van der Waals surface area contributed by atoms with Crippen LogP contribution in [0.25, 0.3) is 0 Å². The number of hydrogen-bond acceptors (Lipinski definition) is 3. The van der Waals surface area contributed by atoms with E-state index in [4.69, 9.17) is 4.74 Å². The van der Waals surface area contributed by atoms with Crippen LogP contribution in [0.1, 0.15) is 21.5 Å². The quantitative estimate of drug-likeness (QED) is 0.588. The van der Waals surface area contributed by atoms with E-state index in [2.05, 4.69) is 5.32 Å². The summed E-state index contributed by atoms with van der Waals surface area (Å²) in [5.74, 6) is -3.35. The number of carbonyl (C=O) groups excluding carboxylic acids is 1. The van der Waals surface area contributed by atoms with Crippen LogP contribution in [-0.2, 0) is 17.8 Å². The lowest BCUT2D eigenvalue weighted by atomic mass is 10.1. The molecule has 0 bridgehead atoms. The molecule has 0 saturated heterocycles. The summed E-state index contributed by atoms with van der Waals surface area (Å²) in [6.45, 7) is 0.401. The van der Waals surface area contributed by atoms with Gasteiger partial charge in [0.2, 0.25) is 0 Å². The zero-order valence-corrected chi connectivity index (χ0v) is 15.8. The number of ether oxygens (including phenoxy) is 1. The van der Waals surface area contributed by atoms with Crippen molar-refractivity contribution < 1.29 is 28.2 Å². The van der Waals surface area contributed by atoms with Gasteiger partial charge in [0.25, 0.3) is 5.91 Å². The summed E-state index contributed by atoms with van der Waals surface area (Å²) in [7, 11) is 0. The van der Waals surface area contributed by atoms with Crippen molar-refractivity contribution in [3.8, 4) is 5.75 Å². The normalized spacial score (nSPS) is 11.5. The second-order valence-electron chi connectivity index (χ2n) is 6.64. The molecule has 0 radical (unpaired) electrons. The zero-order valence-electron chi connectivity index (χ0n) is 15.8. The third-order valence-corrected chi connectivity index (χ3v) is 4.34. The van der Waals surface area contributed by atoms with Crippen LogP contribution in [0.2, 0.25) is 0 Å². The van der Waals surface area contributed by atoms with Crippen molar-refractivity contribution in [2.24, 2.45) is 0 Å². The Morgan fingerprint density at radius 3 is 2.13 bits per heavy atom. The molecule has 0 unspecified atom stereocenters. The molecule has 0 aliphatic rings. The average Bonchev–Trinajstić information content (AvgIpc) is 2.72. The standard InChI is InChI=1S/C23H19F2NO4/c24-18-11-17(12-19(25)13-18)22(27)26-21(23(28)29)10-15-6-8-20(9-7-15)30-14-16-4-2-1-3-5-16/h1-9,11-13,21H,10,14H2,(H,26,27)(H,28,29)/t21-/m0/s1. The number of nitrogens with one attached hydrogen (secondary N) is 1. The van der Waals surface area contributed by atoms with E-state index >= 15 is 0 Å². The molecule has 0 aromatic heterocycles. The molecule has 0 saturated carbocycles. The third kappa shape index (κ3) is 5.88. The topological polar surface area (TPSA) is 75.6 Å². The molecule has 30 heavy (non-hydrogen) atoms. The van der Waals surface area contributed by atoms with Gasteiger partial charge in [-0.05, 0) is 35.4 Å². The van der Waals surface area contributed by atoms with E-state index in [1.54, 1.807) is 24.3 Å². The van der Waals surface area contributed by atoms with Crippen molar-refractivity contribution in [3.05, 3.63) is 101 Å². The number of amides is 1. The smallest absolute Gasteiger partial charge is 0.326 e. The van der Waals surface area contributed by atoms with Gasteiger partial charge in [0.1, 0.15) is 30.0 Å². The average molecular weight is 411 g/mol. The summed E-state index contributed by atoms with van der Waals surface area (Å²) in [4.78, 5) is 23.7. The molecule has 0 heterocycles. The van der Waals surface area contributed by atoms with Gasteiger partial charge in [-0.2, -0.15) is 0 Å². The van der Waals surface area contributed by atoms with E-state index in [-0.39, 0.29) is 12.0 Å². The van der Waals surface area contributed by atoms with Gasteiger partial charge in [-0.25, -0.2) is 13.6 Å². The summed E-state index contributed by atoms with van der Waals surface area (Å²) in [6.07, 6.45) is -0.00215. The Balaban J connectivity index is 1.62. The van der Waals surface area contributed by atoms with E-state index < -0.39 is 29.6 Å². The highest BCUT2D eigenvalue weighted by molar-refractivity contribution is 5.96. The molecule has 5 nitrogen and oxygen atoms in total. The first-order valence-electron chi connectivity index (χ1n) is 9.16. The van der Waals surface area contributed by atoms with Crippen molar-refractivity contribution in [1.29, 1.82) is 0 Å². The summed E-state index contributed by atoms with van der Waals surface area (Å²) in [6, 6.07) is 17.5. The molecule has 1 amide bonds. The number of carboxylic acid groups (broad SMARTS) is 1. The monoisotopic (exact) mass is 411 g/mol. The Morgan fingerprint density at radius 2 is 1.53 bits per heavy atom. The third-order valence-electron chi connectivity index (χ3n) is 4.34. The Bertz CT molecular complexity index is 1000. The number of hydrogen-bond donors (Lipinski definition) is 2. The maximum Gasteiger partial charge on any atom is 0.326 e. The predicted molar refractivity (Wildman–Crippen MR) is 106 cm³/mol. The van der Waals surface area contributed by atoms with Crippen LogP contribution in [0.15, 0.2) is 72.8 Å². The highest BCUT2D eigenvalue weighted by Gasteiger charge is 2.22. The molecular formula is C23H19F2NO4. The Kier molecular flexibility index (Phi) is 6.75. The van der Waals surface area contributed by atoms with Crippen LogP contribution < -0.4 is 10.1 Å². The maximum absolute atomic E-state index is 13.3. The zero-order chi connectivity index (χ0) is 21.5. The highest BCUT2D eigenvalue weighted by atomic mass is 19.1. The van der Waals surface area contributed by atoms with Crippen LogP contribution in [0.5, 0.6) is 5.75 Å². The first-order valence-corrected chi connectivity index (χ1v) is 9.16. The molecule has 0 aliphatic heterocycles. The Hall–Kier alpha value is -3.74. The molecule has 0 spiro atoms. The fourth-order valence-electron chi connectivity index (χ4n) is 2.82. The summed E-state index contributed by atoms with van der Waals surface area (Å²) < 4.78 is 32.3. The van der Waals surface area contributed by atoms with Crippen LogP contribution in [0, 0.1) is 11.6 Å². The van der Waals surface area contributed by atoms with Gasteiger partial charge in [0.05, 0.1) is 0 Å². The first kappa shape index (κ1) is 21.0. The summed E-state index contributed by atoms with van der Waals surface area (Å²) in [5.41, 5.74) is 1.38. The van der Waals surface area contributed by atoms with Crippen LogP contribution in [0.4, 0.5) is 8.78 Å². The van der Waals surface area contributed by atoms with Gasteiger partial charge < -0.3 is 15.2 Å². The molecule has 3 aromatic rings. The van der Waals surface area contributed by atoms with Crippen LogP contribution in [-0.4, -0.2) is 23.0 Å². The largest absolute Gasteiger partial charge is 0.489 e. The number of rotatable bonds is 8. The second-order valence-corrected chi connectivity index (χ2v) is 6.64. The number of aliphatic carboxylic acids is 1. The summed E-state index contributed by atoms with van der Waals surface area (Å²) >= 11 is 0. The van der Waals surface area contributed by atoms with E-state index in [1.165, 1.54) is 0 Å². The minimum absolute atomic E-state index is 0.00215. The molecule has 7 heteroatoms. The highest BCUT2D eigenvalue weighted by Crippen LogP contribution is 2.16. The van der Waals surface area contributed by atoms with E-state index in [9.17, 15) is 23.5 Å². The van der Waals surface area contributed by atoms with Crippen molar-refractivity contribution in [2.45, 2.75) is 19.1 Å². The van der Waals surface area contributed by atoms with Crippen molar-refractivity contribution in [2.75, 3.05) is 0 Å². The van der Waals surface area contributed by atoms with Gasteiger partial charge >= 0.3 is 5.97 Å². The summed E-state index contributed by atoms with van der Waals surface area (Å²) in [5, 5.41) is 11.7. The minimum Gasteiger partial charge on any atom is -0.489 e. The number of carbonyl (C=O) groups is 2. The molecule has 154 valence electrons. The Morgan fingerprint density at radius 1 is 0.900 bits per heavy atom. The second kappa shape index (κ2) is 9.65. The van der Waals surface area contributed by atoms with Crippen LogP contribution >= 0.6 is 0 Å². The molecule has 1 atom stereocenters. The van der Waals surface area contributed by atoms with Gasteiger partial charge in [-0.1, -0.05) is 42.5 Å². The van der Waals surface area contributed by atoms with E-state index in [0.717, 1.165) is 17.7 Å². The SMILES string of the molecule is O=C(N[C@@H](Cc1ccc(OCc2ccccc2)cc1)C(=O)O)c1cc(F)cc(F)c1. The number of carboxylic acids is 1. The molecule has 0 fully saturated rings. The molecule has 2 N–H and O–H groups in total. The number of benzene rings is 3. The van der Waals surface area contributed by atoms with Gasteiger partial charge in [-0.3, -0.25) is 4.79 Å². The van der Waals surface area contributed by atoms with E-state index in [1.807, 2.05) is 30.3 Å². The Labute approximate surface area is 171 Å². The van der Waals surface area contributed by atoms with Gasteiger partial charge in [-0.15, -0.1) is 0 Å². The lowest BCUT2D eigenvalue weighted by Crippen LogP contribution is -2.42. The fourth-order valence-corrected chi connectivity index (χ4v) is 2.82. The first-order chi connectivity index (χ1) is 14.4. The molecule has 0 aliphatic carbocycles. The van der Waals surface area contributed by atoms with Gasteiger partial charge in [0, 0.05) is 18.1 Å². The van der Waals surface area contributed by atoms with Gasteiger partial charge in [0.15, 0.2) is 0 Å². The lowest BCUT2D eigenvalue weighted by molar-refractivity contribution is -0.139. The number of halogens is 2. The lowest BCUT2D eigenvalue weighted by Gasteiger charge is -2.15. The van der Waals surface area contributed by atoms with Crippen molar-refractivity contribution in [3.63, 3.8) is 0 Å². The minimum atomic E-state index is -1.26.